The summed E-state index contributed by atoms with van der Waals surface area (Å²) in [5.74, 6) is 0.451. The smallest absolute Gasteiger partial charge is 0.262 e. The van der Waals surface area contributed by atoms with E-state index in [-0.39, 0.29) is 0 Å². The zero-order valence-electron chi connectivity index (χ0n) is 15.9. The predicted octanol–water partition coefficient (Wildman–Crippen LogP) is 5.92. The van der Waals surface area contributed by atoms with E-state index in [2.05, 4.69) is 109 Å². The molecule has 1 aliphatic rings. The van der Waals surface area contributed by atoms with Gasteiger partial charge >= 0.3 is 0 Å². The summed E-state index contributed by atoms with van der Waals surface area (Å²) in [7, 11) is 2.11. The van der Waals surface area contributed by atoms with Crippen molar-refractivity contribution in [3.63, 3.8) is 0 Å². The largest absolute Gasteiger partial charge is 0.351 e. The van der Waals surface area contributed by atoms with Crippen LogP contribution in [-0.4, -0.2) is 7.05 Å². The molecule has 0 saturated heterocycles. The topological polar surface area (TPSA) is 7.12 Å². The highest BCUT2D eigenvalue weighted by Crippen LogP contribution is 2.34. The highest BCUT2D eigenvalue weighted by Gasteiger charge is 2.17. The van der Waals surface area contributed by atoms with E-state index >= 15 is 0 Å². The third-order valence-corrected chi connectivity index (χ3v) is 6.22. The van der Waals surface area contributed by atoms with Crippen molar-refractivity contribution < 1.29 is 4.57 Å². The van der Waals surface area contributed by atoms with Gasteiger partial charge in [0.25, 0.3) is 5.01 Å². The Morgan fingerprint density at radius 1 is 1.07 bits per heavy atom. The van der Waals surface area contributed by atoms with Crippen molar-refractivity contribution in [3.8, 4) is 0 Å². The normalized spacial score (nSPS) is 16.7. The number of aromatic nitrogens is 1. The lowest BCUT2D eigenvalue weighted by atomic mass is 9.91. The number of fused-ring (bicyclic) bond motifs is 2. The van der Waals surface area contributed by atoms with Gasteiger partial charge in [-0.3, -0.25) is 0 Å². The number of allylic oxidation sites excluding steroid dienone is 4. The van der Waals surface area contributed by atoms with Gasteiger partial charge in [0.15, 0.2) is 0 Å². The second kappa shape index (κ2) is 7.93. The summed E-state index contributed by atoms with van der Waals surface area (Å²) in [5.41, 5.74) is 4.04. The van der Waals surface area contributed by atoms with E-state index in [1.54, 1.807) is 0 Å². The van der Waals surface area contributed by atoms with Crippen LogP contribution in [-0.2, 0) is 6.54 Å². The molecule has 3 aromatic rings. The van der Waals surface area contributed by atoms with Crippen molar-refractivity contribution in [3.05, 3.63) is 89.6 Å². The van der Waals surface area contributed by atoms with Crippen LogP contribution in [0.3, 0.4) is 0 Å². The maximum absolute atomic E-state index is 2.38. The fourth-order valence-corrected chi connectivity index (χ4v) is 4.83. The molecule has 1 aliphatic heterocycles. The summed E-state index contributed by atoms with van der Waals surface area (Å²) >= 11 is 1.85. The molecule has 1 unspecified atom stereocenters. The number of hydrogen-bond donors (Lipinski definition) is 0. The molecule has 0 fully saturated rings. The van der Waals surface area contributed by atoms with Crippen LogP contribution < -0.4 is 9.47 Å². The van der Waals surface area contributed by atoms with Crippen molar-refractivity contribution in [2.45, 2.75) is 25.8 Å². The fraction of sp³-hybridized carbons (Fsp3) is 0.208. The van der Waals surface area contributed by atoms with Crippen molar-refractivity contribution in [1.29, 1.82) is 0 Å². The van der Waals surface area contributed by atoms with Crippen LogP contribution in [0.4, 0.5) is 5.69 Å². The van der Waals surface area contributed by atoms with E-state index in [9.17, 15) is 0 Å². The zero-order chi connectivity index (χ0) is 18.6. The molecular weight excluding hydrogens is 348 g/mol. The molecule has 0 aliphatic carbocycles. The lowest BCUT2D eigenvalue weighted by Gasteiger charge is -2.27. The predicted molar refractivity (Wildman–Crippen MR) is 117 cm³/mol. The Labute approximate surface area is 165 Å². The highest BCUT2D eigenvalue weighted by molar-refractivity contribution is 7.18. The van der Waals surface area contributed by atoms with Crippen LogP contribution in [0.15, 0.2) is 79.0 Å². The van der Waals surface area contributed by atoms with Gasteiger partial charge in [-0.15, -0.1) is 0 Å². The van der Waals surface area contributed by atoms with E-state index in [4.69, 9.17) is 0 Å². The van der Waals surface area contributed by atoms with Crippen LogP contribution in [0.1, 0.15) is 29.8 Å². The number of rotatable bonds is 5. The first-order chi connectivity index (χ1) is 13.3. The molecule has 0 amide bonds. The van der Waals surface area contributed by atoms with Crippen molar-refractivity contribution >= 4 is 33.3 Å². The number of anilines is 1. The average Bonchev–Trinajstić information content (AvgIpc) is 3.07. The lowest BCUT2D eigenvalue weighted by molar-refractivity contribution is -0.665. The van der Waals surface area contributed by atoms with Gasteiger partial charge in [-0.25, -0.2) is 0 Å². The van der Waals surface area contributed by atoms with Gasteiger partial charge in [0.1, 0.15) is 11.2 Å². The SMILES string of the molecule is CC[n+]1c(/C=C/C=C/CC2C=CN(C)c3ccccc32)sc2ccccc21. The van der Waals surface area contributed by atoms with Gasteiger partial charge in [-0.2, -0.15) is 4.57 Å². The van der Waals surface area contributed by atoms with Crippen molar-refractivity contribution in [1.82, 2.24) is 0 Å². The molecule has 3 heteroatoms. The molecule has 2 nitrogen and oxygen atoms in total. The monoisotopic (exact) mass is 373 g/mol. The van der Waals surface area contributed by atoms with Crippen molar-refractivity contribution in [2.75, 3.05) is 11.9 Å². The third-order valence-electron chi connectivity index (χ3n) is 5.09. The summed E-state index contributed by atoms with van der Waals surface area (Å²) < 4.78 is 3.72. The maximum Gasteiger partial charge on any atom is 0.262 e. The number of hydrogen-bond acceptors (Lipinski definition) is 2. The molecule has 0 saturated carbocycles. The first kappa shape index (κ1) is 17.7. The van der Waals surface area contributed by atoms with E-state index in [1.807, 2.05) is 11.3 Å². The summed E-state index contributed by atoms with van der Waals surface area (Å²) in [6.07, 6.45) is 14.3. The summed E-state index contributed by atoms with van der Waals surface area (Å²) in [6.45, 7) is 3.20. The van der Waals surface area contributed by atoms with E-state index in [0.29, 0.717) is 5.92 Å². The average molecular weight is 374 g/mol. The summed E-state index contributed by atoms with van der Waals surface area (Å²) in [6, 6.07) is 17.3. The second-order valence-corrected chi connectivity index (χ2v) is 7.86. The van der Waals surface area contributed by atoms with Crippen LogP contribution in [0.25, 0.3) is 16.3 Å². The van der Waals surface area contributed by atoms with Crippen LogP contribution in [0, 0.1) is 0 Å². The Bertz CT molecular complexity index is 1030. The second-order valence-electron chi connectivity index (χ2n) is 6.79. The van der Waals surface area contributed by atoms with Gasteiger partial charge in [-0.05, 0) is 31.0 Å². The Morgan fingerprint density at radius 2 is 1.89 bits per heavy atom. The Hall–Kier alpha value is -2.65. The molecule has 2 heterocycles. The Kier molecular flexibility index (Phi) is 5.21. The van der Waals surface area contributed by atoms with E-state index < -0.39 is 0 Å². The summed E-state index contributed by atoms with van der Waals surface area (Å²) in [4.78, 5) is 2.19. The third kappa shape index (κ3) is 3.60. The number of benzene rings is 2. The van der Waals surface area contributed by atoms with Gasteiger partial charge in [0, 0.05) is 37.0 Å². The molecule has 136 valence electrons. The van der Waals surface area contributed by atoms with E-state index in [0.717, 1.165) is 13.0 Å². The molecule has 0 radical (unpaired) electrons. The molecule has 1 aromatic heterocycles. The van der Waals surface area contributed by atoms with Gasteiger partial charge in [-0.1, -0.05) is 66.0 Å². The number of nitrogens with zero attached hydrogens (tertiary/aromatic N) is 2. The molecule has 27 heavy (non-hydrogen) atoms. The number of aryl methyl sites for hydroxylation is 1. The van der Waals surface area contributed by atoms with Gasteiger partial charge in [0.2, 0.25) is 5.52 Å². The Morgan fingerprint density at radius 3 is 2.78 bits per heavy atom. The minimum Gasteiger partial charge on any atom is -0.351 e. The zero-order valence-corrected chi connectivity index (χ0v) is 16.7. The van der Waals surface area contributed by atoms with Gasteiger partial charge < -0.3 is 4.90 Å². The molecule has 2 aromatic carbocycles. The first-order valence-corrected chi connectivity index (χ1v) is 10.3. The fourth-order valence-electron chi connectivity index (χ4n) is 3.69. The summed E-state index contributed by atoms with van der Waals surface area (Å²) in [5, 5.41) is 1.30. The molecule has 4 rings (SSSR count). The van der Waals surface area contributed by atoms with E-state index in [1.165, 1.54) is 26.5 Å². The molecule has 0 N–H and O–H groups in total. The quantitative estimate of drug-likeness (QED) is 0.398. The number of para-hydroxylation sites is 2. The van der Waals surface area contributed by atoms with Crippen LogP contribution in [0.2, 0.25) is 0 Å². The Balaban J connectivity index is 1.47. The maximum atomic E-state index is 2.38. The van der Waals surface area contributed by atoms with Gasteiger partial charge in [0.05, 0.1) is 0 Å². The lowest BCUT2D eigenvalue weighted by Crippen LogP contribution is -2.33. The van der Waals surface area contributed by atoms with Crippen LogP contribution in [0.5, 0.6) is 0 Å². The molecule has 1 atom stereocenters. The minimum atomic E-state index is 0.451. The van der Waals surface area contributed by atoms with Crippen molar-refractivity contribution in [2.24, 2.45) is 0 Å². The molecular formula is C24H25N2S+. The molecule has 0 spiro atoms. The number of thiazole rings is 1. The van der Waals surface area contributed by atoms with Crippen LogP contribution >= 0.6 is 11.3 Å². The minimum absolute atomic E-state index is 0.451. The standard InChI is InChI=1S/C24H25N2S/c1-3-26-22-14-9-10-15-23(22)27-24(26)16-6-4-5-11-19-17-18-25(2)21-13-8-7-12-20(19)21/h4-10,12-19H,3,11H2,1-2H3/q+1/b5-4+,16-6+. The molecule has 0 bridgehead atoms. The first-order valence-electron chi connectivity index (χ1n) is 9.52. The highest BCUT2D eigenvalue weighted by atomic mass is 32.1.